The second kappa shape index (κ2) is 5.47. The molecule has 0 saturated heterocycles. The lowest BCUT2D eigenvalue weighted by Crippen LogP contribution is -2.14. The monoisotopic (exact) mass is 344 g/mol. The molecule has 0 unspecified atom stereocenters. The Hall–Kier alpha value is -2.63. The molecule has 2 N–H and O–H groups in total. The van der Waals surface area contributed by atoms with Gasteiger partial charge < -0.3 is 5.11 Å². The Balaban J connectivity index is 2.27. The largest absolute Gasteiger partial charge is 0.378 e. The van der Waals surface area contributed by atoms with Crippen LogP contribution in [-0.2, 0) is 10.0 Å². The van der Waals surface area contributed by atoms with Crippen LogP contribution >= 0.6 is 0 Å². The smallest absolute Gasteiger partial charge is 0.236 e. The van der Waals surface area contributed by atoms with Gasteiger partial charge in [-0.15, -0.1) is 0 Å². The molecule has 0 radical (unpaired) electrons. The highest BCUT2D eigenvalue weighted by atomic mass is 32.2. The van der Waals surface area contributed by atoms with Crippen LogP contribution < -0.4 is 0 Å². The van der Waals surface area contributed by atoms with E-state index in [1.54, 1.807) is 38.5 Å². The summed E-state index contributed by atoms with van der Waals surface area (Å²) in [6.07, 6.45) is 7.44. The van der Waals surface area contributed by atoms with Crippen LogP contribution in [0.25, 0.3) is 22.0 Å². The molecule has 0 aliphatic carbocycles. The first kappa shape index (κ1) is 16.2. The molecule has 0 fully saturated rings. The molecule has 0 spiro atoms. The van der Waals surface area contributed by atoms with Gasteiger partial charge in [-0.05, 0) is 25.8 Å². The van der Waals surface area contributed by atoms with Crippen molar-refractivity contribution >= 4 is 20.9 Å². The van der Waals surface area contributed by atoms with Crippen molar-refractivity contribution in [2.75, 3.05) is 6.26 Å². The lowest BCUT2D eigenvalue weighted by molar-refractivity contribution is 0.143. The van der Waals surface area contributed by atoms with Crippen LogP contribution in [0.3, 0.4) is 0 Å². The first-order valence-electron chi connectivity index (χ1n) is 7.11. The number of rotatable bonds is 2. The summed E-state index contributed by atoms with van der Waals surface area (Å²) in [5.74, 6) is 5.50. The predicted molar refractivity (Wildman–Crippen MR) is 90.7 cm³/mol. The maximum atomic E-state index is 12.0. The van der Waals surface area contributed by atoms with E-state index in [-0.39, 0.29) is 0 Å². The van der Waals surface area contributed by atoms with Crippen LogP contribution in [0.15, 0.2) is 30.9 Å². The quantitative estimate of drug-likeness (QED) is 0.684. The van der Waals surface area contributed by atoms with Crippen molar-refractivity contribution in [2.24, 2.45) is 0 Å². The molecule has 0 atom stereocenters. The van der Waals surface area contributed by atoms with Crippen molar-refractivity contribution in [1.29, 1.82) is 0 Å². The minimum atomic E-state index is -3.48. The minimum Gasteiger partial charge on any atom is -0.378 e. The number of H-pyrrole nitrogens is 1. The molecule has 0 aromatic carbocycles. The second-order valence-corrected chi connectivity index (χ2v) is 7.84. The Morgan fingerprint density at radius 2 is 2.08 bits per heavy atom. The fourth-order valence-corrected chi connectivity index (χ4v) is 3.08. The second-order valence-electron chi connectivity index (χ2n) is 5.98. The SMILES string of the molecule is CC(C)(O)C#Cc1cc2c(-c3cn[nH]c3)cn(S(C)(=O)=O)c2cn1. The summed E-state index contributed by atoms with van der Waals surface area (Å²) >= 11 is 0. The molecule has 124 valence electrons. The van der Waals surface area contributed by atoms with Gasteiger partial charge in [0.1, 0.15) is 11.3 Å². The van der Waals surface area contributed by atoms with E-state index in [0.29, 0.717) is 22.2 Å². The molecule has 0 saturated carbocycles. The van der Waals surface area contributed by atoms with Gasteiger partial charge in [-0.2, -0.15) is 5.10 Å². The summed E-state index contributed by atoms with van der Waals surface area (Å²) in [5.41, 5.74) is 1.24. The molecule has 0 aliphatic heterocycles. The zero-order valence-electron chi connectivity index (χ0n) is 13.4. The maximum Gasteiger partial charge on any atom is 0.236 e. The van der Waals surface area contributed by atoms with Gasteiger partial charge in [-0.25, -0.2) is 17.4 Å². The molecule has 3 aromatic heterocycles. The van der Waals surface area contributed by atoms with Crippen LogP contribution in [0.4, 0.5) is 0 Å². The van der Waals surface area contributed by atoms with Crippen molar-refractivity contribution in [1.82, 2.24) is 19.2 Å². The van der Waals surface area contributed by atoms with Gasteiger partial charge in [-0.3, -0.25) is 5.10 Å². The van der Waals surface area contributed by atoms with Crippen LogP contribution in [0.2, 0.25) is 0 Å². The summed E-state index contributed by atoms with van der Waals surface area (Å²) in [7, 11) is -3.48. The summed E-state index contributed by atoms with van der Waals surface area (Å²) in [6.45, 7) is 3.16. The third kappa shape index (κ3) is 3.18. The van der Waals surface area contributed by atoms with Crippen molar-refractivity contribution < 1.29 is 13.5 Å². The van der Waals surface area contributed by atoms with Crippen LogP contribution in [-0.4, -0.2) is 44.5 Å². The number of aromatic amines is 1. The molecule has 0 aliphatic rings. The summed E-state index contributed by atoms with van der Waals surface area (Å²) in [5, 5.41) is 17.0. The van der Waals surface area contributed by atoms with E-state index in [1.807, 2.05) is 0 Å². The third-order valence-electron chi connectivity index (χ3n) is 3.32. The van der Waals surface area contributed by atoms with E-state index in [2.05, 4.69) is 27.0 Å². The Bertz CT molecular complexity index is 1060. The zero-order chi connectivity index (χ0) is 17.5. The lowest BCUT2D eigenvalue weighted by atomic mass is 10.1. The van der Waals surface area contributed by atoms with Crippen molar-refractivity contribution in [3.63, 3.8) is 0 Å². The first-order chi connectivity index (χ1) is 11.1. The molecule has 7 nitrogen and oxygen atoms in total. The van der Waals surface area contributed by atoms with Crippen LogP contribution in [0, 0.1) is 11.8 Å². The number of pyridine rings is 1. The van der Waals surface area contributed by atoms with Gasteiger partial charge in [0.05, 0.1) is 24.2 Å². The number of nitrogens with one attached hydrogen (secondary N) is 1. The van der Waals surface area contributed by atoms with E-state index < -0.39 is 15.6 Å². The highest BCUT2D eigenvalue weighted by Crippen LogP contribution is 2.31. The normalized spacial score (nSPS) is 12.2. The molecular weight excluding hydrogens is 328 g/mol. The molecule has 3 heterocycles. The molecule has 8 heteroatoms. The van der Waals surface area contributed by atoms with Gasteiger partial charge >= 0.3 is 0 Å². The third-order valence-corrected chi connectivity index (χ3v) is 4.34. The Morgan fingerprint density at radius 3 is 2.67 bits per heavy atom. The number of hydrogen-bond donors (Lipinski definition) is 2. The van der Waals surface area contributed by atoms with Gasteiger partial charge in [0.15, 0.2) is 0 Å². The van der Waals surface area contributed by atoms with Gasteiger partial charge in [0.2, 0.25) is 10.0 Å². The molecule has 24 heavy (non-hydrogen) atoms. The van der Waals surface area contributed by atoms with Crippen molar-refractivity contribution in [2.45, 2.75) is 19.4 Å². The molecule has 0 bridgehead atoms. The van der Waals surface area contributed by atoms with E-state index in [9.17, 15) is 13.5 Å². The topological polar surface area (TPSA) is 101 Å². The fourth-order valence-electron chi connectivity index (χ4n) is 2.28. The highest BCUT2D eigenvalue weighted by molar-refractivity contribution is 7.89. The molecule has 0 amide bonds. The standard InChI is InChI=1S/C16H16N4O3S/c1-16(2,21)5-4-12-6-13-14(11-7-18-19-8-11)10-20(24(3,22)23)15(13)9-17-12/h6-10,21H,1-3H3,(H,18,19). The van der Waals surface area contributed by atoms with E-state index in [1.165, 1.54) is 10.2 Å². The number of nitrogens with zero attached hydrogens (tertiary/aromatic N) is 3. The van der Waals surface area contributed by atoms with Gasteiger partial charge in [0.25, 0.3) is 0 Å². The molecular formula is C16H16N4O3S. The fraction of sp³-hybridized carbons (Fsp3) is 0.250. The first-order valence-corrected chi connectivity index (χ1v) is 8.96. The highest BCUT2D eigenvalue weighted by Gasteiger charge is 2.17. The Kier molecular flexibility index (Phi) is 3.70. The summed E-state index contributed by atoms with van der Waals surface area (Å²) in [6, 6.07) is 1.71. The molecule has 3 rings (SSSR count). The van der Waals surface area contributed by atoms with Crippen molar-refractivity contribution in [3.05, 3.63) is 36.5 Å². The number of aromatic nitrogens is 4. The van der Waals surface area contributed by atoms with E-state index >= 15 is 0 Å². The summed E-state index contributed by atoms with van der Waals surface area (Å²) < 4.78 is 25.2. The predicted octanol–water partition coefficient (Wildman–Crippen LogP) is 1.36. The lowest BCUT2D eigenvalue weighted by Gasteiger charge is -2.06. The average Bonchev–Trinajstić information content (AvgIpc) is 3.10. The molecule has 3 aromatic rings. The summed E-state index contributed by atoms with van der Waals surface area (Å²) in [4.78, 5) is 4.19. The van der Waals surface area contributed by atoms with Crippen molar-refractivity contribution in [3.8, 4) is 23.0 Å². The number of aliphatic hydroxyl groups is 1. The zero-order valence-corrected chi connectivity index (χ0v) is 14.2. The maximum absolute atomic E-state index is 12.0. The Labute approximate surface area is 139 Å². The number of fused-ring (bicyclic) bond motifs is 1. The Morgan fingerprint density at radius 1 is 1.33 bits per heavy atom. The van der Waals surface area contributed by atoms with Gasteiger partial charge in [-0.1, -0.05) is 5.92 Å². The van der Waals surface area contributed by atoms with E-state index in [4.69, 9.17) is 0 Å². The van der Waals surface area contributed by atoms with Crippen LogP contribution in [0.5, 0.6) is 0 Å². The van der Waals surface area contributed by atoms with Gasteiger partial charge in [0, 0.05) is 28.9 Å². The van der Waals surface area contributed by atoms with E-state index in [0.717, 1.165) is 11.8 Å². The minimum absolute atomic E-state index is 0.445. The van der Waals surface area contributed by atoms with Crippen LogP contribution in [0.1, 0.15) is 19.5 Å². The average molecular weight is 344 g/mol. The number of hydrogen-bond acceptors (Lipinski definition) is 5.